The van der Waals surface area contributed by atoms with Crippen LogP contribution in [0.2, 0.25) is 0 Å². The molecule has 0 fully saturated rings. The number of anilines is 1. The first kappa shape index (κ1) is 16.0. The Morgan fingerprint density at radius 1 is 1.32 bits per heavy atom. The van der Waals surface area contributed by atoms with Gasteiger partial charge in [-0.3, -0.25) is 4.68 Å². The van der Waals surface area contributed by atoms with Gasteiger partial charge in [0.15, 0.2) is 5.82 Å². The van der Waals surface area contributed by atoms with Gasteiger partial charge in [-0.15, -0.1) is 0 Å². The van der Waals surface area contributed by atoms with Crippen LogP contribution in [-0.4, -0.2) is 35.6 Å². The van der Waals surface area contributed by atoms with E-state index in [-0.39, 0.29) is 10.7 Å². The lowest BCUT2D eigenvalue weighted by Gasteiger charge is -2.19. The normalized spacial score (nSPS) is 12.2. The van der Waals surface area contributed by atoms with Gasteiger partial charge in [-0.1, -0.05) is 27.2 Å². The Balaban J connectivity index is 3.03. The van der Waals surface area contributed by atoms with Crippen molar-refractivity contribution in [3.05, 3.63) is 6.20 Å². The monoisotopic (exact) mass is 288 g/mol. The summed E-state index contributed by atoms with van der Waals surface area (Å²) in [5.74, 6) is 0.0865. The summed E-state index contributed by atoms with van der Waals surface area (Å²) in [5, 5.41) is 4.05. The molecule has 0 atom stereocenters. The van der Waals surface area contributed by atoms with E-state index in [4.69, 9.17) is 5.73 Å². The minimum Gasteiger partial charge on any atom is -0.381 e. The molecule has 0 saturated heterocycles. The zero-order valence-corrected chi connectivity index (χ0v) is 12.8. The zero-order valence-electron chi connectivity index (χ0n) is 12.0. The standard InChI is InChI=1S/C12H24N4O2S/c1-4-7-9-16(6-3)19(17,18)11-10-15(8-5-2)14-12(11)13/h10H,4-9H2,1-3H3,(H2,13,14). The van der Waals surface area contributed by atoms with Crippen LogP contribution < -0.4 is 5.73 Å². The molecule has 0 bridgehead atoms. The van der Waals surface area contributed by atoms with Crippen molar-refractivity contribution in [3.8, 4) is 0 Å². The molecule has 2 N–H and O–H groups in total. The van der Waals surface area contributed by atoms with E-state index < -0.39 is 10.0 Å². The summed E-state index contributed by atoms with van der Waals surface area (Å²) in [6, 6.07) is 0. The summed E-state index contributed by atoms with van der Waals surface area (Å²) >= 11 is 0. The third-order valence-electron chi connectivity index (χ3n) is 2.94. The number of aromatic nitrogens is 2. The molecule has 110 valence electrons. The summed E-state index contributed by atoms with van der Waals surface area (Å²) in [6.45, 7) is 7.51. The number of rotatable bonds is 8. The molecule has 0 aliphatic heterocycles. The molecule has 0 spiro atoms. The number of sulfonamides is 1. The van der Waals surface area contributed by atoms with Crippen molar-refractivity contribution < 1.29 is 8.42 Å². The number of hydrogen-bond donors (Lipinski definition) is 1. The maximum absolute atomic E-state index is 12.5. The first-order valence-corrected chi connectivity index (χ1v) is 8.24. The lowest BCUT2D eigenvalue weighted by atomic mass is 10.3. The fraction of sp³-hybridized carbons (Fsp3) is 0.750. The first-order valence-electron chi connectivity index (χ1n) is 6.80. The first-order chi connectivity index (χ1) is 8.97. The van der Waals surface area contributed by atoms with E-state index in [1.165, 1.54) is 10.5 Å². The van der Waals surface area contributed by atoms with Gasteiger partial charge in [-0.2, -0.15) is 9.40 Å². The maximum atomic E-state index is 12.5. The van der Waals surface area contributed by atoms with Crippen LogP contribution >= 0.6 is 0 Å². The van der Waals surface area contributed by atoms with E-state index in [0.717, 1.165) is 19.3 Å². The van der Waals surface area contributed by atoms with Crippen LogP contribution in [-0.2, 0) is 16.6 Å². The SMILES string of the molecule is CCCCN(CC)S(=O)(=O)c1cn(CCC)nc1N. The van der Waals surface area contributed by atoms with Crippen LogP contribution in [0.4, 0.5) is 5.82 Å². The summed E-state index contributed by atoms with van der Waals surface area (Å²) in [5.41, 5.74) is 5.74. The zero-order chi connectivity index (χ0) is 14.5. The van der Waals surface area contributed by atoms with Crippen LogP contribution in [0.3, 0.4) is 0 Å². The van der Waals surface area contributed by atoms with Gasteiger partial charge in [0.05, 0.1) is 0 Å². The number of nitrogens with zero attached hydrogens (tertiary/aromatic N) is 3. The highest BCUT2D eigenvalue weighted by Gasteiger charge is 2.27. The Bertz CT molecular complexity index is 496. The van der Waals surface area contributed by atoms with E-state index >= 15 is 0 Å². The van der Waals surface area contributed by atoms with Gasteiger partial charge >= 0.3 is 0 Å². The Hall–Kier alpha value is -1.08. The second-order valence-corrected chi connectivity index (χ2v) is 6.40. The molecule has 1 heterocycles. The molecule has 0 saturated carbocycles. The van der Waals surface area contributed by atoms with E-state index in [2.05, 4.69) is 5.10 Å². The highest BCUT2D eigenvalue weighted by atomic mass is 32.2. The van der Waals surface area contributed by atoms with E-state index in [1.54, 1.807) is 4.68 Å². The van der Waals surface area contributed by atoms with E-state index in [1.807, 2.05) is 20.8 Å². The molecule has 0 unspecified atom stereocenters. The highest BCUT2D eigenvalue weighted by Crippen LogP contribution is 2.21. The maximum Gasteiger partial charge on any atom is 0.248 e. The van der Waals surface area contributed by atoms with Crippen LogP contribution in [0.1, 0.15) is 40.0 Å². The molecule has 0 aromatic carbocycles. The van der Waals surface area contributed by atoms with E-state index in [9.17, 15) is 8.42 Å². The molecular weight excluding hydrogens is 264 g/mol. The highest BCUT2D eigenvalue weighted by molar-refractivity contribution is 7.89. The van der Waals surface area contributed by atoms with Gasteiger partial charge in [0, 0.05) is 25.8 Å². The Morgan fingerprint density at radius 3 is 2.53 bits per heavy atom. The van der Waals surface area contributed by atoms with Crippen molar-refractivity contribution in [1.82, 2.24) is 14.1 Å². The molecule has 0 aliphatic carbocycles. The summed E-state index contributed by atoms with van der Waals surface area (Å²) in [6.07, 6.45) is 4.21. The van der Waals surface area contributed by atoms with Crippen LogP contribution in [0.25, 0.3) is 0 Å². The van der Waals surface area contributed by atoms with Crippen LogP contribution in [0.15, 0.2) is 11.1 Å². The number of unbranched alkanes of at least 4 members (excludes halogenated alkanes) is 1. The van der Waals surface area contributed by atoms with Gasteiger partial charge in [-0.05, 0) is 12.8 Å². The molecule has 7 heteroatoms. The Kier molecular flexibility index (Phi) is 5.81. The quantitative estimate of drug-likeness (QED) is 0.789. The van der Waals surface area contributed by atoms with Crippen molar-refractivity contribution in [1.29, 1.82) is 0 Å². The largest absolute Gasteiger partial charge is 0.381 e. The fourth-order valence-electron chi connectivity index (χ4n) is 1.88. The fourth-order valence-corrected chi connectivity index (χ4v) is 3.43. The van der Waals surface area contributed by atoms with Gasteiger partial charge in [0.1, 0.15) is 4.90 Å². The lowest BCUT2D eigenvalue weighted by Crippen LogP contribution is -2.32. The number of aryl methyl sites for hydroxylation is 1. The molecular formula is C12H24N4O2S. The Labute approximate surface area is 115 Å². The second kappa shape index (κ2) is 6.91. The molecule has 1 aromatic heterocycles. The predicted octanol–water partition coefficient (Wildman–Crippen LogP) is 1.69. The molecule has 0 radical (unpaired) electrons. The molecule has 0 aliphatic rings. The summed E-state index contributed by atoms with van der Waals surface area (Å²) in [4.78, 5) is 0.124. The second-order valence-electron chi connectivity index (χ2n) is 4.49. The average molecular weight is 288 g/mol. The third kappa shape index (κ3) is 3.70. The number of nitrogens with two attached hydrogens (primary N) is 1. The van der Waals surface area contributed by atoms with Crippen molar-refractivity contribution >= 4 is 15.8 Å². The van der Waals surface area contributed by atoms with Crippen molar-refractivity contribution in [2.75, 3.05) is 18.8 Å². The molecule has 6 nitrogen and oxygen atoms in total. The molecule has 1 rings (SSSR count). The van der Waals surface area contributed by atoms with Gasteiger partial charge < -0.3 is 5.73 Å². The summed E-state index contributed by atoms with van der Waals surface area (Å²) < 4.78 is 28.1. The topological polar surface area (TPSA) is 81.2 Å². The van der Waals surface area contributed by atoms with Gasteiger partial charge in [-0.25, -0.2) is 8.42 Å². The Morgan fingerprint density at radius 2 is 2.00 bits per heavy atom. The minimum absolute atomic E-state index is 0.0865. The van der Waals surface area contributed by atoms with Gasteiger partial charge in [0.2, 0.25) is 10.0 Å². The average Bonchev–Trinajstić information content (AvgIpc) is 2.72. The molecule has 19 heavy (non-hydrogen) atoms. The van der Waals surface area contributed by atoms with Crippen LogP contribution in [0.5, 0.6) is 0 Å². The molecule has 0 amide bonds. The van der Waals surface area contributed by atoms with Crippen molar-refractivity contribution in [2.24, 2.45) is 0 Å². The number of hydrogen-bond acceptors (Lipinski definition) is 4. The predicted molar refractivity (Wildman–Crippen MR) is 76.3 cm³/mol. The summed E-state index contributed by atoms with van der Waals surface area (Å²) in [7, 11) is -3.53. The lowest BCUT2D eigenvalue weighted by molar-refractivity contribution is 0.419. The third-order valence-corrected chi connectivity index (χ3v) is 4.93. The van der Waals surface area contributed by atoms with Crippen molar-refractivity contribution in [3.63, 3.8) is 0 Å². The van der Waals surface area contributed by atoms with Gasteiger partial charge in [0.25, 0.3) is 0 Å². The van der Waals surface area contributed by atoms with Crippen LogP contribution in [0, 0.1) is 0 Å². The van der Waals surface area contributed by atoms with Crippen molar-refractivity contribution in [2.45, 2.75) is 51.5 Å². The minimum atomic E-state index is -3.53. The molecule has 1 aromatic rings. The van der Waals surface area contributed by atoms with E-state index in [0.29, 0.717) is 19.6 Å². The number of nitrogen functional groups attached to an aromatic ring is 1. The smallest absolute Gasteiger partial charge is 0.248 e.